The van der Waals surface area contributed by atoms with Crippen LogP contribution in [0.5, 0.6) is 0 Å². The molecule has 0 aliphatic rings. The van der Waals surface area contributed by atoms with Crippen molar-refractivity contribution in [3.8, 4) is 0 Å². The normalized spacial score (nSPS) is 12.4. The molecule has 0 bridgehead atoms. The Balaban J connectivity index is 3.28. The highest BCUT2D eigenvalue weighted by atomic mass is 35.5. The molecule has 1 unspecified atom stereocenters. The predicted octanol–water partition coefficient (Wildman–Crippen LogP) is 4.69. The summed E-state index contributed by atoms with van der Waals surface area (Å²) in [4.78, 5) is 11.1. The fourth-order valence-electron chi connectivity index (χ4n) is 1.81. The summed E-state index contributed by atoms with van der Waals surface area (Å²) in [7, 11) is 0. The van der Waals surface area contributed by atoms with Gasteiger partial charge in [-0.25, -0.2) is 0 Å². The molecule has 0 spiro atoms. The van der Waals surface area contributed by atoms with Gasteiger partial charge in [-0.05, 0) is 26.2 Å². The summed E-state index contributed by atoms with van der Waals surface area (Å²) in [6, 6.07) is 0. The molecule has 0 fully saturated rings. The summed E-state index contributed by atoms with van der Waals surface area (Å²) in [5, 5.41) is 0.228. The highest BCUT2D eigenvalue weighted by Crippen LogP contribution is 2.16. The van der Waals surface area contributed by atoms with Gasteiger partial charge in [0.05, 0.1) is 6.61 Å². The van der Waals surface area contributed by atoms with E-state index in [-0.39, 0.29) is 11.3 Å². The Morgan fingerprint density at radius 1 is 1.06 bits per heavy atom. The number of unbranched alkanes of at least 4 members (excludes halogenated alkanes) is 4. The highest BCUT2D eigenvalue weighted by molar-refractivity contribution is 6.20. The van der Waals surface area contributed by atoms with Gasteiger partial charge in [0.1, 0.15) is 0 Å². The van der Waals surface area contributed by atoms with Gasteiger partial charge in [0.2, 0.25) is 0 Å². The maximum atomic E-state index is 11.1. The van der Waals surface area contributed by atoms with Crippen molar-refractivity contribution < 1.29 is 9.53 Å². The Hall–Kier alpha value is -0.240. The number of ether oxygens (including phenoxy) is 1. The van der Waals surface area contributed by atoms with Crippen molar-refractivity contribution in [3.63, 3.8) is 0 Å². The van der Waals surface area contributed by atoms with Crippen LogP contribution in [0.25, 0.3) is 0 Å². The maximum absolute atomic E-state index is 11.1. The molecule has 3 heteroatoms. The standard InChI is InChI=1S/C14H27ClO2/c1-3-5-6-7-8-10-13(15)11-9-12-14(16)17-4-2/h13H,3-12H2,1-2H3. The molecular formula is C14H27ClO2. The number of alkyl halides is 1. The van der Waals surface area contributed by atoms with Crippen LogP contribution in [0.15, 0.2) is 0 Å². The van der Waals surface area contributed by atoms with E-state index in [9.17, 15) is 4.79 Å². The van der Waals surface area contributed by atoms with Crippen LogP contribution in [0.1, 0.15) is 71.6 Å². The molecule has 0 aromatic heterocycles. The summed E-state index contributed by atoms with van der Waals surface area (Å²) in [5.74, 6) is -0.0979. The number of carbonyl (C=O) groups excluding carboxylic acids is 1. The minimum absolute atomic E-state index is 0.0979. The van der Waals surface area contributed by atoms with Gasteiger partial charge in [-0.2, -0.15) is 0 Å². The molecule has 0 saturated heterocycles. The summed E-state index contributed by atoms with van der Waals surface area (Å²) in [5.41, 5.74) is 0. The molecule has 0 aromatic carbocycles. The van der Waals surface area contributed by atoms with Crippen LogP contribution in [0, 0.1) is 0 Å². The van der Waals surface area contributed by atoms with Gasteiger partial charge in [0, 0.05) is 11.8 Å². The molecule has 0 aromatic rings. The molecule has 102 valence electrons. The average molecular weight is 263 g/mol. The molecule has 17 heavy (non-hydrogen) atoms. The van der Waals surface area contributed by atoms with E-state index in [0.717, 1.165) is 19.3 Å². The lowest BCUT2D eigenvalue weighted by Gasteiger charge is -2.08. The molecule has 0 N–H and O–H groups in total. The Labute approximate surface area is 111 Å². The van der Waals surface area contributed by atoms with Crippen molar-refractivity contribution >= 4 is 17.6 Å². The Morgan fingerprint density at radius 3 is 2.35 bits per heavy atom. The van der Waals surface area contributed by atoms with Crippen LogP contribution in [-0.2, 0) is 9.53 Å². The van der Waals surface area contributed by atoms with Crippen molar-refractivity contribution in [3.05, 3.63) is 0 Å². The predicted molar refractivity (Wildman–Crippen MR) is 73.5 cm³/mol. The van der Waals surface area contributed by atoms with Crippen LogP contribution < -0.4 is 0 Å². The summed E-state index contributed by atoms with van der Waals surface area (Å²) < 4.78 is 4.87. The van der Waals surface area contributed by atoms with Crippen molar-refractivity contribution in [1.29, 1.82) is 0 Å². The fourth-order valence-corrected chi connectivity index (χ4v) is 2.12. The molecular weight excluding hydrogens is 236 g/mol. The number of hydrogen-bond acceptors (Lipinski definition) is 2. The van der Waals surface area contributed by atoms with Crippen molar-refractivity contribution in [1.82, 2.24) is 0 Å². The number of carbonyl (C=O) groups is 1. The van der Waals surface area contributed by atoms with E-state index in [1.54, 1.807) is 0 Å². The number of halogens is 1. The van der Waals surface area contributed by atoms with E-state index < -0.39 is 0 Å². The number of rotatable bonds is 11. The second-order valence-electron chi connectivity index (χ2n) is 4.50. The van der Waals surface area contributed by atoms with Crippen molar-refractivity contribution in [2.75, 3.05) is 6.61 Å². The molecule has 2 nitrogen and oxygen atoms in total. The monoisotopic (exact) mass is 262 g/mol. The molecule has 0 saturated carbocycles. The topological polar surface area (TPSA) is 26.3 Å². The highest BCUT2D eigenvalue weighted by Gasteiger charge is 2.07. The first kappa shape index (κ1) is 16.8. The first-order chi connectivity index (χ1) is 8.20. The quantitative estimate of drug-likeness (QED) is 0.307. The van der Waals surface area contributed by atoms with Crippen LogP contribution in [0.3, 0.4) is 0 Å². The summed E-state index contributed by atoms with van der Waals surface area (Å²) in [6.45, 7) is 4.53. The van der Waals surface area contributed by atoms with Crippen LogP contribution in [-0.4, -0.2) is 18.0 Å². The second-order valence-corrected chi connectivity index (χ2v) is 5.11. The lowest BCUT2D eigenvalue weighted by atomic mass is 10.1. The summed E-state index contributed by atoms with van der Waals surface area (Å²) in [6.07, 6.45) is 9.79. The van der Waals surface area contributed by atoms with E-state index in [0.29, 0.717) is 13.0 Å². The third-order valence-electron chi connectivity index (χ3n) is 2.82. The minimum Gasteiger partial charge on any atom is -0.466 e. The average Bonchev–Trinajstić information content (AvgIpc) is 2.29. The third-order valence-corrected chi connectivity index (χ3v) is 3.26. The van der Waals surface area contributed by atoms with Crippen LogP contribution in [0.4, 0.5) is 0 Å². The first-order valence-corrected chi connectivity index (χ1v) is 7.44. The van der Waals surface area contributed by atoms with Crippen molar-refractivity contribution in [2.45, 2.75) is 77.0 Å². The zero-order chi connectivity index (χ0) is 12.9. The van der Waals surface area contributed by atoms with Gasteiger partial charge in [0.25, 0.3) is 0 Å². The second kappa shape index (κ2) is 12.2. The van der Waals surface area contributed by atoms with Crippen LogP contribution >= 0.6 is 11.6 Å². The number of esters is 1. The molecule has 1 atom stereocenters. The fraction of sp³-hybridized carbons (Fsp3) is 0.929. The SMILES string of the molecule is CCCCCCCC(Cl)CCCC(=O)OCC. The van der Waals surface area contributed by atoms with Crippen molar-refractivity contribution in [2.24, 2.45) is 0 Å². The third kappa shape index (κ3) is 12.0. The Kier molecular flexibility index (Phi) is 12.1. The van der Waals surface area contributed by atoms with Gasteiger partial charge in [-0.15, -0.1) is 11.6 Å². The molecule has 0 rings (SSSR count). The van der Waals surface area contributed by atoms with E-state index in [1.165, 1.54) is 32.1 Å². The largest absolute Gasteiger partial charge is 0.466 e. The minimum atomic E-state index is -0.0979. The Morgan fingerprint density at radius 2 is 1.71 bits per heavy atom. The molecule has 0 radical (unpaired) electrons. The molecule has 0 aliphatic carbocycles. The van der Waals surface area contributed by atoms with E-state index in [4.69, 9.17) is 16.3 Å². The zero-order valence-corrected chi connectivity index (χ0v) is 12.1. The lowest BCUT2D eigenvalue weighted by molar-refractivity contribution is -0.143. The zero-order valence-electron chi connectivity index (χ0n) is 11.3. The van der Waals surface area contributed by atoms with E-state index >= 15 is 0 Å². The summed E-state index contributed by atoms with van der Waals surface area (Å²) >= 11 is 6.20. The molecule has 0 amide bonds. The first-order valence-electron chi connectivity index (χ1n) is 7.00. The van der Waals surface area contributed by atoms with Gasteiger partial charge >= 0.3 is 5.97 Å². The maximum Gasteiger partial charge on any atom is 0.305 e. The van der Waals surface area contributed by atoms with Gasteiger partial charge in [-0.3, -0.25) is 4.79 Å². The lowest BCUT2D eigenvalue weighted by Crippen LogP contribution is -2.05. The van der Waals surface area contributed by atoms with E-state index in [2.05, 4.69) is 6.92 Å². The van der Waals surface area contributed by atoms with Gasteiger partial charge in [-0.1, -0.05) is 39.0 Å². The van der Waals surface area contributed by atoms with Gasteiger partial charge < -0.3 is 4.74 Å². The molecule has 0 heterocycles. The van der Waals surface area contributed by atoms with Crippen LogP contribution in [0.2, 0.25) is 0 Å². The Bertz CT molecular complexity index is 183. The van der Waals surface area contributed by atoms with E-state index in [1.807, 2.05) is 6.92 Å². The molecule has 0 aliphatic heterocycles. The number of hydrogen-bond donors (Lipinski definition) is 0. The smallest absolute Gasteiger partial charge is 0.305 e. The van der Waals surface area contributed by atoms with Gasteiger partial charge in [0.15, 0.2) is 0 Å².